The van der Waals surface area contributed by atoms with Crippen LogP contribution in [0.2, 0.25) is 5.02 Å². The van der Waals surface area contributed by atoms with Crippen molar-refractivity contribution in [2.24, 2.45) is 0 Å². The third kappa shape index (κ3) is 2.50. The van der Waals surface area contributed by atoms with Gasteiger partial charge in [0.25, 0.3) is 0 Å². The second-order valence-electron chi connectivity index (χ2n) is 4.43. The van der Waals surface area contributed by atoms with E-state index in [-0.39, 0.29) is 0 Å². The van der Waals surface area contributed by atoms with E-state index < -0.39 is 0 Å². The average molecular weight is 321 g/mol. The minimum Gasteiger partial charge on any atom is -0.497 e. The smallest absolute Gasteiger partial charge is 0.131 e. The van der Waals surface area contributed by atoms with Crippen LogP contribution in [0.5, 0.6) is 11.5 Å². The Labute approximate surface area is 131 Å². The van der Waals surface area contributed by atoms with E-state index in [0.29, 0.717) is 16.5 Å². The Kier molecular flexibility index (Phi) is 3.61. The maximum atomic E-state index is 6.12. The van der Waals surface area contributed by atoms with Gasteiger partial charge < -0.3 is 15.2 Å². The lowest BCUT2D eigenvalue weighted by Gasteiger charge is -2.08. The summed E-state index contributed by atoms with van der Waals surface area (Å²) in [5.74, 6) is 1.46. The fraction of sp³-hybridized carbons (Fsp3) is 0.133. The summed E-state index contributed by atoms with van der Waals surface area (Å²) in [4.78, 5) is 4.62. The number of thiazole rings is 1. The molecule has 0 spiro atoms. The first-order valence-corrected chi connectivity index (χ1v) is 7.40. The molecule has 0 aliphatic carbocycles. The van der Waals surface area contributed by atoms with Crippen LogP contribution in [0.1, 0.15) is 0 Å². The molecule has 2 aromatic carbocycles. The Balaban J connectivity index is 2.18. The van der Waals surface area contributed by atoms with E-state index >= 15 is 0 Å². The van der Waals surface area contributed by atoms with Crippen molar-refractivity contribution in [2.45, 2.75) is 0 Å². The molecule has 0 saturated carbocycles. The standard InChI is InChI=1S/C15H13ClN2O2S/c1-19-8-3-4-12-14(5-8)21-15(18-12)9-6-10(16)11(17)7-13(9)20-2/h3-7H,17H2,1-2H3. The van der Waals surface area contributed by atoms with Crippen LogP contribution < -0.4 is 15.2 Å². The van der Waals surface area contributed by atoms with Gasteiger partial charge in [0.1, 0.15) is 16.5 Å². The number of anilines is 1. The number of aromatic nitrogens is 1. The third-order valence-corrected chi connectivity index (χ3v) is 4.52. The van der Waals surface area contributed by atoms with E-state index in [1.165, 1.54) is 0 Å². The number of nitrogen functional groups attached to an aromatic ring is 1. The molecular weight excluding hydrogens is 308 g/mol. The van der Waals surface area contributed by atoms with Crippen molar-refractivity contribution in [2.75, 3.05) is 20.0 Å². The van der Waals surface area contributed by atoms with Crippen molar-refractivity contribution < 1.29 is 9.47 Å². The van der Waals surface area contributed by atoms with Crippen molar-refractivity contribution in [3.05, 3.63) is 35.4 Å². The fourth-order valence-electron chi connectivity index (χ4n) is 2.05. The summed E-state index contributed by atoms with van der Waals surface area (Å²) in [7, 11) is 3.24. The maximum Gasteiger partial charge on any atom is 0.131 e. The SMILES string of the molecule is COc1ccc2nc(-c3cc(Cl)c(N)cc3OC)sc2c1. The van der Waals surface area contributed by atoms with Gasteiger partial charge in [0.2, 0.25) is 0 Å². The van der Waals surface area contributed by atoms with Crippen molar-refractivity contribution >= 4 is 38.8 Å². The zero-order valence-electron chi connectivity index (χ0n) is 11.5. The predicted molar refractivity (Wildman–Crippen MR) is 87.6 cm³/mol. The number of ether oxygens (including phenoxy) is 2. The summed E-state index contributed by atoms with van der Waals surface area (Å²) >= 11 is 7.67. The number of nitrogens with two attached hydrogens (primary N) is 1. The molecule has 21 heavy (non-hydrogen) atoms. The molecule has 0 unspecified atom stereocenters. The largest absolute Gasteiger partial charge is 0.497 e. The lowest BCUT2D eigenvalue weighted by Crippen LogP contribution is -1.92. The van der Waals surface area contributed by atoms with Crippen LogP contribution in [0, 0.1) is 0 Å². The zero-order chi connectivity index (χ0) is 15.0. The summed E-state index contributed by atoms with van der Waals surface area (Å²) in [6.45, 7) is 0. The molecule has 6 heteroatoms. The molecule has 3 rings (SSSR count). The van der Waals surface area contributed by atoms with E-state index in [0.717, 1.165) is 26.5 Å². The fourth-order valence-corrected chi connectivity index (χ4v) is 3.23. The first-order chi connectivity index (χ1) is 10.1. The Hall–Kier alpha value is -1.98. The highest BCUT2D eigenvalue weighted by atomic mass is 35.5. The quantitative estimate of drug-likeness (QED) is 0.734. The van der Waals surface area contributed by atoms with Crippen molar-refractivity contribution in [3.63, 3.8) is 0 Å². The molecule has 0 amide bonds. The summed E-state index contributed by atoms with van der Waals surface area (Å²) in [6, 6.07) is 9.27. The molecule has 4 nitrogen and oxygen atoms in total. The second-order valence-corrected chi connectivity index (χ2v) is 5.86. The Bertz CT molecular complexity index is 817. The van der Waals surface area contributed by atoms with E-state index in [2.05, 4.69) is 4.98 Å². The van der Waals surface area contributed by atoms with Crippen LogP contribution >= 0.6 is 22.9 Å². The minimum absolute atomic E-state index is 0.486. The van der Waals surface area contributed by atoms with Gasteiger partial charge in [-0.15, -0.1) is 11.3 Å². The summed E-state index contributed by atoms with van der Waals surface area (Å²) in [6.07, 6.45) is 0. The van der Waals surface area contributed by atoms with Gasteiger partial charge in [0.05, 0.1) is 40.7 Å². The Morgan fingerprint density at radius 3 is 2.67 bits per heavy atom. The minimum atomic E-state index is 0.486. The van der Waals surface area contributed by atoms with E-state index in [9.17, 15) is 0 Å². The van der Waals surface area contributed by atoms with Gasteiger partial charge in [0.15, 0.2) is 0 Å². The van der Waals surface area contributed by atoms with Crippen LogP contribution in [-0.4, -0.2) is 19.2 Å². The Morgan fingerprint density at radius 2 is 1.95 bits per heavy atom. The van der Waals surface area contributed by atoms with Gasteiger partial charge in [-0.25, -0.2) is 4.98 Å². The molecule has 1 aromatic heterocycles. The number of halogens is 1. The number of hydrogen-bond acceptors (Lipinski definition) is 5. The van der Waals surface area contributed by atoms with Crippen molar-refractivity contribution in [3.8, 4) is 22.1 Å². The molecule has 0 radical (unpaired) electrons. The van der Waals surface area contributed by atoms with Crippen LogP contribution in [0.4, 0.5) is 5.69 Å². The first kappa shape index (κ1) is 14.0. The van der Waals surface area contributed by atoms with Crippen LogP contribution in [0.15, 0.2) is 30.3 Å². The third-order valence-electron chi connectivity index (χ3n) is 3.14. The van der Waals surface area contributed by atoms with Crippen LogP contribution in [0.25, 0.3) is 20.8 Å². The van der Waals surface area contributed by atoms with Crippen LogP contribution in [0.3, 0.4) is 0 Å². The van der Waals surface area contributed by atoms with E-state index in [4.69, 9.17) is 26.8 Å². The van der Waals surface area contributed by atoms with E-state index in [1.54, 1.807) is 37.7 Å². The summed E-state index contributed by atoms with van der Waals surface area (Å²) in [5, 5.41) is 1.32. The van der Waals surface area contributed by atoms with E-state index in [1.807, 2.05) is 18.2 Å². The van der Waals surface area contributed by atoms with Crippen LogP contribution in [-0.2, 0) is 0 Å². The highest BCUT2D eigenvalue weighted by Gasteiger charge is 2.14. The predicted octanol–water partition coefficient (Wildman–Crippen LogP) is 4.22. The molecule has 0 atom stereocenters. The molecule has 0 fully saturated rings. The lowest BCUT2D eigenvalue weighted by molar-refractivity contribution is 0.415. The number of methoxy groups -OCH3 is 2. The number of benzene rings is 2. The van der Waals surface area contributed by atoms with Crippen molar-refractivity contribution in [1.29, 1.82) is 0 Å². The van der Waals surface area contributed by atoms with Gasteiger partial charge in [-0.1, -0.05) is 11.6 Å². The summed E-state index contributed by atoms with van der Waals surface area (Å²) in [5.41, 5.74) is 8.04. The monoisotopic (exact) mass is 320 g/mol. The molecule has 2 N–H and O–H groups in total. The number of fused-ring (bicyclic) bond motifs is 1. The molecular formula is C15H13ClN2O2S. The molecule has 108 valence electrons. The molecule has 0 aliphatic heterocycles. The topological polar surface area (TPSA) is 57.4 Å². The highest BCUT2D eigenvalue weighted by Crippen LogP contribution is 2.40. The lowest BCUT2D eigenvalue weighted by atomic mass is 10.2. The van der Waals surface area contributed by atoms with Crippen molar-refractivity contribution in [1.82, 2.24) is 4.98 Å². The molecule has 1 heterocycles. The molecule has 0 bridgehead atoms. The normalized spacial score (nSPS) is 10.8. The summed E-state index contributed by atoms with van der Waals surface area (Å²) < 4.78 is 11.7. The Morgan fingerprint density at radius 1 is 1.14 bits per heavy atom. The zero-order valence-corrected chi connectivity index (χ0v) is 13.1. The van der Waals surface area contributed by atoms with Gasteiger partial charge in [-0.2, -0.15) is 0 Å². The van der Waals surface area contributed by atoms with Gasteiger partial charge in [0, 0.05) is 6.07 Å². The molecule has 3 aromatic rings. The maximum absolute atomic E-state index is 6.12. The molecule has 0 aliphatic rings. The highest BCUT2D eigenvalue weighted by molar-refractivity contribution is 7.21. The number of nitrogens with zero attached hydrogens (tertiary/aromatic N) is 1. The molecule has 0 saturated heterocycles. The first-order valence-electron chi connectivity index (χ1n) is 6.20. The van der Waals surface area contributed by atoms with Gasteiger partial charge >= 0.3 is 0 Å². The second kappa shape index (κ2) is 5.42. The van der Waals surface area contributed by atoms with Gasteiger partial charge in [-0.05, 0) is 24.3 Å². The number of hydrogen-bond donors (Lipinski definition) is 1. The van der Waals surface area contributed by atoms with Gasteiger partial charge in [-0.3, -0.25) is 0 Å². The average Bonchev–Trinajstić information content (AvgIpc) is 2.92. The number of rotatable bonds is 3.